The van der Waals surface area contributed by atoms with Gasteiger partial charge in [-0.25, -0.2) is 0 Å². The van der Waals surface area contributed by atoms with Crippen LogP contribution in [0, 0.1) is 12.8 Å². The number of rotatable bonds is 15. The lowest BCUT2D eigenvalue weighted by Crippen LogP contribution is -2.49. The number of aryl methyl sites for hydroxylation is 1. The van der Waals surface area contributed by atoms with Gasteiger partial charge in [0.05, 0.1) is 17.2 Å². The molecule has 1 saturated carbocycles. The summed E-state index contributed by atoms with van der Waals surface area (Å²) in [4.78, 5) is 10.1. The summed E-state index contributed by atoms with van der Waals surface area (Å²) in [6, 6.07) is 37.9. The number of benzene rings is 4. The third-order valence-corrected chi connectivity index (χ3v) is 13.1. The van der Waals surface area contributed by atoms with Crippen LogP contribution in [0.3, 0.4) is 0 Å². The molecular formula is C49H56BrN5O3. The Morgan fingerprint density at radius 3 is 2.21 bits per heavy atom. The number of piperazine rings is 1. The van der Waals surface area contributed by atoms with Crippen LogP contribution in [0.4, 0.5) is 5.69 Å². The first-order chi connectivity index (χ1) is 28.4. The summed E-state index contributed by atoms with van der Waals surface area (Å²) in [5, 5.41) is 6.10. The molecule has 2 aromatic heterocycles. The molecule has 1 aliphatic heterocycles. The van der Waals surface area contributed by atoms with Gasteiger partial charge in [-0.05, 0) is 99.4 Å². The van der Waals surface area contributed by atoms with Crippen molar-refractivity contribution >= 4 is 32.5 Å². The Morgan fingerprint density at radius 1 is 0.776 bits per heavy atom. The van der Waals surface area contributed by atoms with Crippen molar-refractivity contribution < 1.29 is 14.2 Å². The molecule has 8 nitrogen and oxygen atoms in total. The molecule has 0 unspecified atom stereocenters. The van der Waals surface area contributed by atoms with Crippen molar-refractivity contribution in [2.45, 2.75) is 84.2 Å². The third-order valence-electron chi connectivity index (χ3n) is 12.2. The van der Waals surface area contributed by atoms with Gasteiger partial charge in [-0.15, -0.1) is 0 Å². The molecule has 0 radical (unpaired) electrons. The second-order valence-corrected chi connectivity index (χ2v) is 17.0. The smallest absolute Gasteiger partial charge is 0.226 e. The SMILES string of the molecule is Cc1c(Br)cccc1OC1CCC(CCC[C@@H](C)N2CCN(c3ccc4c(-c5ccc(OCc6ccccc6)nc5OCc5ccccc5)nn(C)c4c3)CC2)CC1. The van der Waals surface area contributed by atoms with E-state index in [0.29, 0.717) is 37.1 Å². The van der Waals surface area contributed by atoms with Crippen LogP contribution in [0.1, 0.15) is 68.6 Å². The Morgan fingerprint density at radius 2 is 1.48 bits per heavy atom. The van der Waals surface area contributed by atoms with E-state index in [2.05, 4.69) is 88.1 Å². The summed E-state index contributed by atoms with van der Waals surface area (Å²) in [7, 11) is 2.02. The minimum absolute atomic E-state index is 0.346. The molecule has 0 bridgehead atoms. The molecule has 8 rings (SSSR count). The first-order valence-electron chi connectivity index (χ1n) is 21.1. The fourth-order valence-corrected chi connectivity index (χ4v) is 8.98. The van der Waals surface area contributed by atoms with Crippen LogP contribution in [0.15, 0.2) is 114 Å². The zero-order valence-corrected chi connectivity index (χ0v) is 35.7. The highest BCUT2D eigenvalue weighted by molar-refractivity contribution is 9.10. The van der Waals surface area contributed by atoms with E-state index >= 15 is 0 Å². The molecule has 302 valence electrons. The summed E-state index contributed by atoms with van der Waals surface area (Å²) >= 11 is 3.64. The van der Waals surface area contributed by atoms with Gasteiger partial charge in [-0.1, -0.05) is 95.5 Å². The van der Waals surface area contributed by atoms with Gasteiger partial charge in [0.15, 0.2) is 0 Å². The van der Waals surface area contributed by atoms with Crippen molar-refractivity contribution in [3.8, 4) is 28.8 Å². The first kappa shape index (κ1) is 39.9. The van der Waals surface area contributed by atoms with Gasteiger partial charge >= 0.3 is 0 Å². The lowest BCUT2D eigenvalue weighted by atomic mass is 9.84. The maximum absolute atomic E-state index is 6.42. The van der Waals surface area contributed by atoms with E-state index in [1.807, 2.05) is 72.4 Å². The molecule has 1 saturated heterocycles. The molecule has 2 aliphatic rings. The van der Waals surface area contributed by atoms with Crippen LogP contribution < -0.4 is 19.1 Å². The summed E-state index contributed by atoms with van der Waals surface area (Å²) in [5.74, 6) is 2.88. The summed E-state index contributed by atoms with van der Waals surface area (Å²) in [6.07, 6.45) is 9.15. The van der Waals surface area contributed by atoms with Crippen LogP contribution in [0.5, 0.6) is 17.5 Å². The summed E-state index contributed by atoms with van der Waals surface area (Å²) in [6.45, 7) is 9.60. The maximum Gasteiger partial charge on any atom is 0.226 e. The van der Waals surface area contributed by atoms with Crippen molar-refractivity contribution in [3.63, 3.8) is 0 Å². The lowest BCUT2D eigenvalue weighted by molar-refractivity contribution is 0.124. The van der Waals surface area contributed by atoms with E-state index in [-0.39, 0.29) is 0 Å². The monoisotopic (exact) mass is 841 g/mol. The molecule has 1 aliphatic carbocycles. The topological polar surface area (TPSA) is 64.9 Å². The highest BCUT2D eigenvalue weighted by atomic mass is 79.9. The predicted molar refractivity (Wildman–Crippen MR) is 238 cm³/mol. The van der Waals surface area contributed by atoms with Gasteiger partial charge in [-0.2, -0.15) is 10.1 Å². The highest BCUT2D eigenvalue weighted by Crippen LogP contribution is 2.37. The molecule has 0 amide bonds. The molecule has 1 atom stereocenters. The average Bonchev–Trinajstić information content (AvgIpc) is 3.60. The summed E-state index contributed by atoms with van der Waals surface area (Å²) < 4.78 is 22.0. The predicted octanol–water partition coefficient (Wildman–Crippen LogP) is 11.2. The van der Waals surface area contributed by atoms with Crippen LogP contribution in [-0.2, 0) is 20.3 Å². The summed E-state index contributed by atoms with van der Waals surface area (Å²) in [5.41, 5.74) is 7.38. The van der Waals surface area contributed by atoms with Gasteiger partial charge in [-0.3, -0.25) is 9.58 Å². The molecule has 6 aromatic rings. The number of nitrogens with zero attached hydrogens (tertiary/aromatic N) is 5. The van der Waals surface area contributed by atoms with Crippen molar-refractivity contribution in [2.24, 2.45) is 13.0 Å². The van der Waals surface area contributed by atoms with Crippen molar-refractivity contribution in [1.82, 2.24) is 19.7 Å². The van der Waals surface area contributed by atoms with Gasteiger partial charge in [0.2, 0.25) is 11.8 Å². The number of aromatic nitrogens is 3. The maximum atomic E-state index is 6.42. The molecule has 0 spiro atoms. The van der Waals surface area contributed by atoms with Gasteiger partial charge < -0.3 is 19.1 Å². The number of fused-ring (bicyclic) bond motifs is 1. The number of hydrogen-bond donors (Lipinski definition) is 0. The molecule has 0 N–H and O–H groups in total. The minimum Gasteiger partial charge on any atom is -0.490 e. The fourth-order valence-electron chi connectivity index (χ4n) is 8.63. The van der Waals surface area contributed by atoms with Crippen molar-refractivity contribution in [3.05, 3.63) is 130 Å². The Labute approximate surface area is 352 Å². The molecule has 58 heavy (non-hydrogen) atoms. The fraction of sp³-hybridized carbons (Fsp3) is 0.388. The molecular weight excluding hydrogens is 786 g/mol. The second-order valence-electron chi connectivity index (χ2n) is 16.2. The van der Waals surface area contributed by atoms with Crippen molar-refractivity contribution in [1.29, 1.82) is 0 Å². The van der Waals surface area contributed by atoms with E-state index < -0.39 is 0 Å². The third kappa shape index (κ3) is 9.70. The van der Waals surface area contributed by atoms with Crippen LogP contribution in [0.2, 0.25) is 0 Å². The Bertz CT molecular complexity index is 2250. The number of pyridine rings is 1. The second kappa shape index (κ2) is 18.8. The van der Waals surface area contributed by atoms with E-state index in [9.17, 15) is 0 Å². The molecule has 4 aromatic carbocycles. The lowest BCUT2D eigenvalue weighted by Gasteiger charge is -2.39. The van der Waals surface area contributed by atoms with Gasteiger partial charge in [0.1, 0.15) is 24.7 Å². The Kier molecular flexibility index (Phi) is 13.0. The molecule has 2 fully saturated rings. The Hall–Kier alpha value is -4.86. The first-order valence-corrected chi connectivity index (χ1v) is 21.9. The van der Waals surface area contributed by atoms with E-state index in [1.165, 1.54) is 56.2 Å². The van der Waals surface area contributed by atoms with Crippen LogP contribution in [-0.4, -0.2) is 58.0 Å². The largest absolute Gasteiger partial charge is 0.490 e. The van der Waals surface area contributed by atoms with E-state index in [1.54, 1.807) is 0 Å². The van der Waals surface area contributed by atoms with Gasteiger partial charge in [0.25, 0.3) is 0 Å². The Balaban J connectivity index is 0.857. The quantitative estimate of drug-likeness (QED) is 0.102. The number of ether oxygens (including phenoxy) is 3. The molecule has 3 heterocycles. The van der Waals surface area contributed by atoms with E-state index in [0.717, 1.165) is 75.6 Å². The minimum atomic E-state index is 0.346. The average molecular weight is 843 g/mol. The van der Waals surface area contributed by atoms with Crippen LogP contribution >= 0.6 is 15.9 Å². The molecule has 9 heteroatoms. The van der Waals surface area contributed by atoms with Crippen LogP contribution in [0.25, 0.3) is 22.2 Å². The number of halogens is 1. The number of anilines is 1. The zero-order chi connectivity index (χ0) is 39.8. The van der Waals surface area contributed by atoms with Crippen molar-refractivity contribution in [2.75, 3.05) is 31.1 Å². The number of hydrogen-bond acceptors (Lipinski definition) is 7. The highest BCUT2D eigenvalue weighted by Gasteiger charge is 2.26. The standard InChI is InChI=1S/C49H56BrN5O3/c1-35(12-10-17-37-20-23-41(24-21-37)58-46-19-11-18-44(50)36(46)2)54-28-30-55(31-29-54)40-22-25-42-45(32-40)53(3)52-48(42)43-26-27-47(56-33-38-13-6-4-7-14-38)51-49(43)57-34-39-15-8-5-9-16-39/h4-9,11,13-16,18-19,22,25-27,32,35,37,41H,10,12,17,20-21,23-24,28-31,33-34H2,1-3H3/t35-,37?,41?/m1/s1. The normalized spacial score (nSPS) is 18.0. The van der Waals surface area contributed by atoms with E-state index in [4.69, 9.17) is 24.3 Å². The zero-order valence-electron chi connectivity index (χ0n) is 34.2. The van der Waals surface area contributed by atoms with Gasteiger partial charge in [0, 0.05) is 66.4 Å².